The molecule has 1 saturated heterocycles. The quantitative estimate of drug-likeness (QED) is 0.380. The van der Waals surface area contributed by atoms with Crippen LogP contribution in [0.1, 0.15) is 30.5 Å². The molecule has 0 radical (unpaired) electrons. The zero-order chi connectivity index (χ0) is 28.2. The average molecular weight is 480 g/mol. The standard InChI is InChI=1S/C15H25NO3.C12H16O3/c1-12(2)16-10-14(17)11-19-15-6-4-13(5-7-15)8-9-18-3;1-13-7-6-10-2-4-11(5-3-10)14-8-12-9-15-12/h4-7,12,14,16-17H,8-11H2,1-3H3;2-5,12H,6-9H2,1H3/i9D2;7D2. The van der Waals surface area contributed by atoms with Crippen LogP contribution in [0.2, 0.25) is 0 Å². The Morgan fingerprint density at radius 1 is 0.941 bits per heavy atom. The van der Waals surface area contributed by atoms with E-state index in [1.807, 2.05) is 38.1 Å². The summed E-state index contributed by atoms with van der Waals surface area (Å²) in [6, 6.07) is 14.8. The van der Waals surface area contributed by atoms with E-state index in [9.17, 15) is 5.11 Å². The molecular weight excluding hydrogens is 434 g/mol. The van der Waals surface area contributed by atoms with Crippen molar-refractivity contribution in [3.63, 3.8) is 0 Å². The molecule has 0 saturated carbocycles. The van der Waals surface area contributed by atoms with Crippen molar-refractivity contribution in [3.8, 4) is 11.5 Å². The number of hydrogen-bond acceptors (Lipinski definition) is 7. The monoisotopic (exact) mass is 479 g/mol. The van der Waals surface area contributed by atoms with Crippen LogP contribution in [0.4, 0.5) is 0 Å². The second-order valence-corrected chi connectivity index (χ2v) is 8.13. The SMILES string of the molecule is [2H]C([2H])(Cc1ccc(OCC(O)CNC(C)C)cc1)OC.[2H]C([2H])(Cc1ccc(OCC2CO2)cc1)OC. The number of hydrogen-bond donors (Lipinski definition) is 2. The van der Waals surface area contributed by atoms with Gasteiger partial charge in [0, 0.05) is 26.8 Å². The van der Waals surface area contributed by atoms with Gasteiger partial charge in [0.2, 0.25) is 0 Å². The maximum absolute atomic E-state index is 9.75. The molecule has 34 heavy (non-hydrogen) atoms. The molecule has 2 N–H and O–H groups in total. The zero-order valence-electron chi connectivity index (χ0n) is 24.6. The lowest BCUT2D eigenvalue weighted by Gasteiger charge is -2.15. The second-order valence-electron chi connectivity index (χ2n) is 8.13. The fourth-order valence-electron chi connectivity index (χ4n) is 2.69. The van der Waals surface area contributed by atoms with E-state index in [0.717, 1.165) is 23.5 Å². The zero-order valence-corrected chi connectivity index (χ0v) is 20.6. The Hall–Kier alpha value is -2.16. The van der Waals surface area contributed by atoms with Crippen molar-refractivity contribution in [1.82, 2.24) is 5.32 Å². The lowest BCUT2D eigenvalue weighted by atomic mass is 10.1. The van der Waals surface area contributed by atoms with E-state index in [0.29, 0.717) is 24.9 Å². The van der Waals surface area contributed by atoms with E-state index in [2.05, 4.69) is 5.32 Å². The highest BCUT2D eigenvalue weighted by atomic mass is 16.6. The Morgan fingerprint density at radius 3 is 1.88 bits per heavy atom. The molecule has 1 fully saturated rings. The van der Waals surface area contributed by atoms with Crippen LogP contribution in [-0.4, -0.2) is 77.1 Å². The molecule has 2 aromatic carbocycles. The number of methoxy groups -OCH3 is 2. The minimum absolute atomic E-state index is 0.185. The summed E-state index contributed by atoms with van der Waals surface area (Å²) in [7, 11) is 2.72. The number of nitrogens with one attached hydrogen (secondary N) is 1. The minimum atomic E-state index is -1.67. The van der Waals surface area contributed by atoms with E-state index < -0.39 is 19.2 Å². The Balaban J connectivity index is 0.000000272. The van der Waals surface area contributed by atoms with Crippen molar-refractivity contribution in [1.29, 1.82) is 0 Å². The van der Waals surface area contributed by atoms with Crippen LogP contribution in [0.3, 0.4) is 0 Å². The summed E-state index contributed by atoms with van der Waals surface area (Å²) in [6.07, 6.45) is 0.104. The first-order valence-corrected chi connectivity index (χ1v) is 11.5. The molecule has 0 aliphatic carbocycles. The molecule has 2 atom stereocenters. The van der Waals surface area contributed by atoms with Crippen molar-refractivity contribution >= 4 is 0 Å². The molecule has 2 unspecified atom stereocenters. The Kier molecular flexibility index (Phi) is 10.8. The number of epoxide rings is 1. The first-order valence-electron chi connectivity index (χ1n) is 13.5. The van der Waals surface area contributed by atoms with Gasteiger partial charge in [-0.1, -0.05) is 38.1 Å². The number of rotatable bonds is 15. The molecule has 2 aromatic rings. The largest absolute Gasteiger partial charge is 0.491 e. The van der Waals surface area contributed by atoms with Gasteiger partial charge in [0.15, 0.2) is 0 Å². The normalized spacial score (nSPS) is 18.0. The molecule has 190 valence electrons. The lowest BCUT2D eigenvalue weighted by molar-refractivity contribution is 0.104. The summed E-state index contributed by atoms with van der Waals surface area (Å²) >= 11 is 0. The number of aliphatic hydroxyl groups is 1. The molecule has 1 aliphatic rings. The summed E-state index contributed by atoms with van der Waals surface area (Å²) in [5.74, 6) is 1.43. The van der Waals surface area contributed by atoms with E-state index >= 15 is 0 Å². The Bertz CT molecular complexity index is 924. The summed E-state index contributed by atoms with van der Waals surface area (Å²) in [4.78, 5) is 0. The predicted octanol–water partition coefficient (Wildman–Crippen LogP) is 3.27. The van der Waals surface area contributed by atoms with Gasteiger partial charge in [0.1, 0.15) is 36.9 Å². The van der Waals surface area contributed by atoms with Crippen LogP contribution in [-0.2, 0) is 27.1 Å². The fraction of sp³-hybridized carbons (Fsp3) is 0.556. The first kappa shape index (κ1) is 22.3. The second kappa shape index (κ2) is 16.5. The van der Waals surface area contributed by atoms with Crippen LogP contribution >= 0.6 is 0 Å². The third-order valence-electron chi connectivity index (χ3n) is 4.73. The lowest BCUT2D eigenvalue weighted by Crippen LogP contribution is -2.35. The van der Waals surface area contributed by atoms with Crippen molar-refractivity contribution in [2.24, 2.45) is 0 Å². The van der Waals surface area contributed by atoms with Crippen LogP contribution in [0.5, 0.6) is 11.5 Å². The third kappa shape index (κ3) is 12.9. The number of ether oxygens (including phenoxy) is 5. The highest BCUT2D eigenvalue weighted by molar-refractivity contribution is 5.28. The van der Waals surface area contributed by atoms with Gasteiger partial charge in [-0.3, -0.25) is 0 Å². The molecule has 0 spiro atoms. The fourth-order valence-corrected chi connectivity index (χ4v) is 2.69. The Labute approximate surface area is 209 Å². The van der Waals surface area contributed by atoms with Gasteiger partial charge in [0.05, 0.1) is 25.2 Å². The summed E-state index contributed by atoms with van der Waals surface area (Å²) in [5, 5.41) is 12.9. The summed E-state index contributed by atoms with van der Waals surface area (Å²) in [5.41, 5.74) is 1.71. The molecule has 1 heterocycles. The van der Waals surface area contributed by atoms with Crippen molar-refractivity contribution < 1.29 is 34.3 Å². The maximum atomic E-state index is 9.75. The molecule has 0 bridgehead atoms. The minimum Gasteiger partial charge on any atom is -0.491 e. The van der Waals surface area contributed by atoms with Crippen molar-refractivity contribution in [3.05, 3.63) is 59.7 Å². The van der Waals surface area contributed by atoms with E-state index in [1.165, 1.54) is 14.2 Å². The van der Waals surface area contributed by atoms with Gasteiger partial charge >= 0.3 is 0 Å². The summed E-state index contributed by atoms with van der Waals surface area (Å²) in [6.45, 7) is 2.83. The van der Waals surface area contributed by atoms with Crippen LogP contribution in [0.25, 0.3) is 0 Å². The highest BCUT2D eigenvalue weighted by Crippen LogP contribution is 2.16. The maximum Gasteiger partial charge on any atom is 0.119 e. The van der Waals surface area contributed by atoms with E-state index in [4.69, 9.17) is 29.2 Å². The van der Waals surface area contributed by atoms with Crippen molar-refractivity contribution in [2.75, 3.05) is 53.7 Å². The van der Waals surface area contributed by atoms with Gasteiger partial charge in [-0.25, -0.2) is 0 Å². The van der Waals surface area contributed by atoms with Crippen molar-refractivity contribution in [2.45, 2.75) is 44.9 Å². The molecule has 7 heteroatoms. The van der Waals surface area contributed by atoms with Crippen LogP contribution < -0.4 is 14.8 Å². The molecule has 0 amide bonds. The average Bonchev–Trinajstić information content (AvgIpc) is 3.71. The van der Waals surface area contributed by atoms with E-state index in [-0.39, 0.29) is 25.6 Å². The first-order chi connectivity index (χ1) is 17.9. The number of benzene rings is 2. The predicted molar refractivity (Wildman–Crippen MR) is 134 cm³/mol. The Morgan fingerprint density at radius 2 is 1.44 bits per heavy atom. The topological polar surface area (TPSA) is 81.7 Å². The smallest absolute Gasteiger partial charge is 0.119 e. The van der Waals surface area contributed by atoms with Gasteiger partial charge < -0.3 is 34.1 Å². The van der Waals surface area contributed by atoms with Gasteiger partial charge in [-0.05, 0) is 48.2 Å². The number of aliphatic hydroxyl groups excluding tert-OH is 1. The van der Waals surface area contributed by atoms with Gasteiger partial charge in [-0.2, -0.15) is 0 Å². The molecule has 3 rings (SSSR count). The van der Waals surface area contributed by atoms with Crippen LogP contribution in [0.15, 0.2) is 48.5 Å². The van der Waals surface area contributed by atoms with E-state index in [1.54, 1.807) is 24.3 Å². The highest BCUT2D eigenvalue weighted by Gasteiger charge is 2.22. The molecule has 1 aliphatic heterocycles. The molecular formula is C27H41NO6. The molecule has 7 nitrogen and oxygen atoms in total. The van der Waals surface area contributed by atoms with Gasteiger partial charge in [0.25, 0.3) is 0 Å². The summed E-state index contributed by atoms with van der Waals surface area (Å²) < 4.78 is 55.7. The van der Waals surface area contributed by atoms with Crippen LogP contribution in [0, 0.1) is 0 Å². The van der Waals surface area contributed by atoms with Gasteiger partial charge in [-0.15, -0.1) is 0 Å². The number of aryl methyl sites for hydroxylation is 2. The third-order valence-corrected chi connectivity index (χ3v) is 4.73. The molecule has 0 aromatic heterocycles.